The summed E-state index contributed by atoms with van der Waals surface area (Å²) < 4.78 is 39.5. The molecular weight excluding hydrogens is 263 g/mol. The molecule has 1 aromatic heterocycles. The first-order valence-corrected chi connectivity index (χ1v) is 6.27. The molecule has 0 fully saturated rings. The molecule has 0 aliphatic heterocycles. The second kappa shape index (κ2) is 4.64. The van der Waals surface area contributed by atoms with Crippen LogP contribution in [0.1, 0.15) is 5.56 Å². The Bertz CT molecular complexity index is 563. The first kappa shape index (κ1) is 12.9. The minimum atomic E-state index is -4.35. The third-order valence-corrected chi connectivity index (χ3v) is 3.19. The highest BCUT2D eigenvalue weighted by Gasteiger charge is 2.30. The number of hydrogen-bond donors (Lipinski definition) is 0. The van der Waals surface area contributed by atoms with Gasteiger partial charge in [-0.3, -0.25) is 0 Å². The lowest BCUT2D eigenvalue weighted by atomic mass is 10.1. The van der Waals surface area contributed by atoms with E-state index in [-0.39, 0.29) is 0 Å². The molecule has 0 N–H and O–H groups in total. The van der Waals surface area contributed by atoms with E-state index in [0.29, 0.717) is 16.5 Å². The van der Waals surface area contributed by atoms with Gasteiger partial charge in [-0.25, -0.2) is 0 Å². The van der Waals surface area contributed by atoms with Crippen molar-refractivity contribution in [1.82, 2.24) is 14.8 Å². The lowest BCUT2D eigenvalue weighted by molar-refractivity contribution is -0.137. The number of benzene rings is 1. The maximum atomic E-state index is 12.6. The van der Waals surface area contributed by atoms with Crippen molar-refractivity contribution >= 4 is 11.8 Å². The Morgan fingerprint density at radius 3 is 2.50 bits per heavy atom. The van der Waals surface area contributed by atoms with Crippen molar-refractivity contribution in [2.45, 2.75) is 11.3 Å². The van der Waals surface area contributed by atoms with Crippen LogP contribution in [0.4, 0.5) is 13.2 Å². The van der Waals surface area contributed by atoms with E-state index in [4.69, 9.17) is 0 Å². The van der Waals surface area contributed by atoms with Crippen molar-refractivity contribution in [2.75, 3.05) is 6.26 Å². The number of aromatic nitrogens is 3. The molecule has 0 aliphatic rings. The van der Waals surface area contributed by atoms with Gasteiger partial charge in [-0.2, -0.15) is 13.2 Å². The third-order valence-electron chi connectivity index (χ3n) is 2.47. The van der Waals surface area contributed by atoms with Gasteiger partial charge in [0.2, 0.25) is 0 Å². The molecule has 0 saturated heterocycles. The zero-order valence-corrected chi connectivity index (χ0v) is 10.5. The Kier molecular flexibility index (Phi) is 3.34. The molecule has 1 heterocycles. The van der Waals surface area contributed by atoms with Crippen LogP contribution in [0.15, 0.2) is 29.4 Å². The Balaban J connectivity index is 2.48. The molecule has 0 unspecified atom stereocenters. The molecule has 7 heteroatoms. The van der Waals surface area contributed by atoms with Gasteiger partial charge in [0.05, 0.1) is 5.56 Å². The van der Waals surface area contributed by atoms with E-state index in [2.05, 4.69) is 10.2 Å². The van der Waals surface area contributed by atoms with Crippen LogP contribution in [0.3, 0.4) is 0 Å². The van der Waals surface area contributed by atoms with Gasteiger partial charge in [0.1, 0.15) is 0 Å². The van der Waals surface area contributed by atoms with Crippen molar-refractivity contribution < 1.29 is 13.2 Å². The van der Waals surface area contributed by atoms with E-state index in [9.17, 15) is 13.2 Å². The van der Waals surface area contributed by atoms with E-state index in [1.807, 2.05) is 6.26 Å². The van der Waals surface area contributed by atoms with E-state index >= 15 is 0 Å². The summed E-state index contributed by atoms with van der Waals surface area (Å²) in [5.74, 6) is 0.422. The Morgan fingerprint density at radius 1 is 1.22 bits per heavy atom. The van der Waals surface area contributed by atoms with Gasteiger partial charge in [-0.1, -0.05) is 23.9 Å². The molecule has 2 rings (SSSR count). The molecule has 0 atom stereocenters. The van der Waals surface area contributed by atoms with Crippen molar-refractivity contribution in [3.05, 3.63) is 29.8 Å². The van der Waals surface area contributed by atoms with Crippen molar-refractivity contribution in [3.8, 4) is 11.4 Å². The standard InChI is InChI=1S/C11H10F3N3S/c1-17-9(15-16-10(17)18-2)7-4-3-5-8(6-7)11(12,13)14/h3-6H,1-2H3. The molecule has 0 spiro atoms. The molecule has 2 aromatic rings. The van der Waals surface area contributed by atoms with Crippen LogP contribution in [0, 0.1) is 0 Å². The van der Waals surface area contributed by atoms with Crippen LogP contribution in [0.25, 0.3) is 11.4 Å². The summed E-state index contributed by atoms with van der Waals surface area (Å²) in [4.78, 5) is 0. The molecule has 1 aromatic carbocycles. The van der Waals surface area contributed by atoms with Gasteiger partial charge in [0.15, 0.2) is 11.0 Å². The molecule has 0 bridgehead atoms. The van der Waals surface area contributed by atoms with Gasteiger partial charge in [-0.05, 0) is 18.4 Å². The summed E-state index contributed by atoms with van der Waals surface area (Å²) in [6.07, 6.45) is -2.52. The topological polar surface area (TPSA) is 30.7 Å². The van der Waals surface area contributed by atoms with E-state index in [1.54, 1.807) is 17.7 Å². The summed E-state index contributed by atoms with van der Waals surface area (Å²) in [6.45, 7) is 0. The van der Waals surface area contributed by atoms with E-state index in [0.717, 1.165) is 12.1 Å². The SMILES string of the molecule is CSc1nnc(-c2cccc(C(F)(F)F)c2)n1C. The van der Waals surface area contributed by atoms with Crippen molar-refractivity contribution in [3.63, 3.8) is 0 Å². The molecule has 0 amide bonds. The Morgan fingerprint density at radius 2 is 1.94 bits per heavy atom. The molecular formula is C11H10F3N3S. The smallest absolute Gasteiger partial charge is 0.305 e. The Labute approximate surface area is 106 Å². The van der Waals surface area contributed by atoms with Crippen LogP contribution in [0.5, 0.6) is 0 Å². The number of rotatable bonds is 2. The average molecular weight is 273 g/mol. The molecule has 0 aliphatic carbocycles. The highest BCUT2D eigenvalue weighted by molar-refractivity contribution is 7.98. The van der Waals surface area contributed by atoms with Gasteiger partial charge >= 0.3 is 6.18 Å². The first-order chi connectivity index (χ1) is 8.43. The van der Waals surface area contributed by atoms with Crippen LogP contribution in [0.2, 0.25) is 0 Å². The minimum Gasteiger partial charge on any atom is -0.305 e. The number of nitrogens with zero attached hydrogens (tertiary/aromatic N) is 3. The number of thioether (sulfide) groups is 1. The van der Waals surface area contributed by atoms with Crippen molar-refractivity contribution in [2.24, 2.45) is 7.05 Å². The zero-order chi connectivity index (χ0) is 13.3. The fraction of sp³-hybridized carbons (Fsp3) is 0.273. The predicted molar refractivity (Wildman–Crippen MR) is 63.2 cm³/mol. The van der Waals surface area contributed by atoms with Crippen LogP contribution in [-0.4, -0.2) is 21.0 Å². The first-order valence-electron chi connectivity index (χ1n) is 5.04. The fourth-order valence-corrected chi connectivity index (χ4v) is 2.06. The number of halogens is 3. The molecule has 0 radical (unpaired) electrons. The van der Waals surface area contributed by atoms with Crippen LogP contribution >= 0.6 is 11.8 Å². The van der Waals surface area contributed by atoms with E-state index in [1.165, 1.54) is 17.8 Å². The van der Waals surface area contributed by atoms with Crippen LogP contribution < -0.4 is 0 Å². The number of hydrogen-bond acceptors (Lipinski definition) is 3. The van der Waals surface area contributed by atoms with Crippen LogP contribution in [-0.2, 0) is 13.2 Å². The largest absolute Gasteiger partial charge is 0.416 e. The summed E-state index contributed by atoms with van der Waals surface area (Å²) in [5, 5.41) is 8.46. The van der Waals surface area contributed by atoms with Crippen molar-refractivity contribution in [1.29, 1.82) is 0 Å². The molecule has 0 saturated carbocycles. The maximum absolute atomic E-state index is 12.6. The van der Waals surface area contributed by atoms with Gasteiger partial charge < -0.3 is 4.57 Å². The molecule has 18 heavy (non-hydrogen) atoms. The highest BCUT2D eigenvalue weighted by Crippen LogP contribution is 2.32. The lowest BCUT2D eigenvalue weighted by Crippen LogP contribution is -2.05. The quantitative estimate of drug-likeness (QED) is 0.787. The molecule has 3 nitrogen and oxygen atoms in total. The summed E-state index contributed by atoms with van der Waals surface area (Å²) in [5.41, 5.74) is -0.283. The summed E-state index contributed by atoms with van der Waals surface area (Å²) in [6, 6.07) is 5.07. The maximum Gasteiger partial charge on any atom is 0.416 e. The predicted octanol–water partition coefficient (Wildman–Crippen LogP) is 3.22. The zero-order valence-electron chi connectivity index (χ0n) is 9.69. The lowest BCUT2D eigenvalue weighted by Gasteiger charge is -2.08. The summed E-state index contributed by atoms with van der Waals surface area (Å²) >= 11 is 1.39. The molecule has 96 valence electrons. The monoisotopic (exact) mass is 273 g/mol. The normalized spacial score (nSPS) is 11.8. The van der Waals surface area contributed by atoms with Gasteiger partial charge in [0, 0.05) is 12.6 Å². The third kappa shape index (κ3) is 2.35. The van der Waals surface area contributed by atoms with Gasteiger partial charge in [0.25, 0.3) is 0 Å². The summed E-state index contributed by atoms with van der Waals surface area (Å²) in [7, 11) is 1.72. The average Bonchev–Trinajstić information content (AvgIpc) is 2.69. The highest BCUT2D eigenvalue weighted by atomic mass is 32.2. The second-order valence-electron chi connectivity index (χ2n) is 3.65. The van der Waals surface area contributed by atoms with Gasteiger partial charge in [-0.15, -0.1) is 10.2 Å². The second-order valence-corrected chi connectivity index (χ2v) is 4.42. The fourth-order valence-electron chi connectivity index (χ4n) is 1.58. The van der Waals surface area contributed by atoms with E-state index < -0.39 is 11.7 Å². The Hall–Kier alpha value is -1.50. The minimum absolute atomic E-state index is 0.403. The number of alkyl halides is 3.